The van der Waals surface area contributed by atoms with Crippen molar-refractivity contribution < 1.29 is 9.53 Å². The molecule has 110 valence electrons. The molecule has 0 bridgehead atoms. The Balaban J connectivity index is 2.01. The molecule has 3 N–H and O–H groups in total. The first kappa shape index (κ1) is 15.1. The van der Waals surface area contributed by atoms with E-state index in [9.17, 15) is 4.79 Å². The standard InChI is InChI=1S/C17H20N2O2/c1-12(13-8-10-15(21-2)11-9-13)19-17(20)16(18)14-6-4-3-5-7-14/h3-12,16H,18H2,1-2H3,(H,19,20)/t12?,16-/m1/s1. The molecule has 2 aromatic carbocycles. The van der Waals surface area contributed by atoms with Crippen molar-refractivity contribution in [3.8, 4) is 5.75 Å². The molecule has 0 aliphatic carbocycles. The average Bonchev–Trinajstić information content (AvgIpc) is 2.55. The van der Waals surface area contributed by atoms with Gasteiger partial charge in [-0.05, 0) is 30.2 Å². The number of amides is 1. The van der Waals surface area contributed by atoms with Crippen LogP contribution in [-0.2, 0) is 4.79 Å². The Morgan fingerprint density at radius 2 is 1.67 bits per heavy atom. The van der Waals surface area contributed by atoms with Crippen LogP contribution in [0.15, 0.2) is 54.6 Å². The highest BCUT2D eigenvalue weighted by Crippen LogP contribution is 2.18. The first-order chi connectivity index (χ1) is 10.1. The molecule has 2 rings (SSSR count). The molecule has 1 amide bonds. The van der Waals surface area contributed by atoms with Gasteiger partial charge in [-0.2, -0.15) is 0 Å². The third-order valence-corrected chi connectivity index (χ3v) is 3.42. The predicted molar refractivity (Wildman–Crippen MR) is 82.9 cm³/mol. The van der Waals surface area contributed by atoms with Gasteiger partial charge < -0.3 is 15.8 Å². The van der Waals surface area contributed by atoms with Gasteiger partial charge in [0.25, 0.3) is 0 Å². The SMILES string of the molecule is COc1ccc(C(C)NC(=O)[C@H](N)c2ccccc2)cc1. The maximum atomic E-state index is 12.2. The van der Waals surface area contributed by atoms with Crippen molar-refractivity contribution in [1.29, 1.82) is 0 Å². The zero-order valence-electron chi connectivity index (χ0n) is 12.2. The fourth-order valence-electron chi connectivity index (χ4n) is 2.09. The van der Waals surface area contributed by atoms with Crippen molar-refractivity contribution in [2.75, 3.05) is 7.11 Å². The molecule has 0 fully saturated rings. The summed E-state index contributed by atoms with van der Waals surface area (Å²) in [6, 6.07) is 16.2. The molecule has 0 aromatic heterocycles. The summed E-state index contributed by atoms with van der Waals surface area (Å²) in [6.45, 7) is 1.93. The summed E-state index contributed by atoms with van der Waals surface area (Å²) >= 11 is 0. The number of rotatable bonds is 5. The van der Waals surface area contributed by atoms with Crippen LogP contribution in [-0.4, -0.2) is 13.0 Å². The molecule has 2 aromatic rings. The van der Waals surface area contributed by atoms with E-state index < -0.39 is 6.04 Å². The Morgan fingerprint density at radius 1 is 1.05 bits per heavy atom. The van der Waals surface area contributed by atoms with Crippen molar-refractivity contribution >= 4 is 5.91 Å². The summed E-state index contributed by atoms with van der Waals surface area (Å²) in [6.07, 6.45) is 0. The molecule has 21 heavy (non-hydrogen) atoms. The van der Waals surface area contributed by atoms with Crippen LogP contribution in [0, 0.1) is 0 Å². The Kier molecular flexibility index (Phi) is 4.95. The number of carbonyl (C=O) groups is 1. The van der Waals surface area contributed by atoms with Gasteiger partial charge in [0.1, 0.15) is 11.8 Å². The lowest BCUT2D eigenvalue weighted by Crippen LogP contribution is -2.35. The highest BCUT2D eigenvalue weighted by molar-refractivity contribution is 5.83. The average molecular weight is 284 g/mol. The molecule has 0 aliphatic heterocycles. The lowest BCUT2D eigenvalue weighted by Gasteiger charge is -2.18. The van der Waals surface area contributed by atoms with Gasteiger partial charge in [0.2, 0.25) is 5.91 Å². The van der Waals surface area contributed by atoms with Crippen LogP contribution >= 0.6 is 0 Å². The minimum Gasteiger partial charge on any atom is -0.497 e. The number of benzene rings is 2. The number of nitrogens with two attached hydrogens (primary N) is 1. The van der Waals surface area contributed by atoms with E-state index in [0.29, 0.717) is 0 Å². The number of ether oxygens (including phenoxy) is 1. The van der Waals surface area contributed by atoms with Crippen LogP contribution in [0.4, 0.5) is 0 Å². The lowest BCUT2D eigenvalue weighted by molar-refractivity contribution is -0.123. The third-order valence-electron chi connectivity index (χ3n) is 3.42. The van der Waals surface area contributed by atoms with Crippen molar-refractivity contribution in [2.45, 2.75) is 19.0 Å². The molecule has 0 aliphatic rings. The number of carbonyl (C=O) groups excluding carboxylic acids is 1. The Labute approximate surface area is 124 Å². The second-order valence-electron chi connectivity index (χ2n) is 4.89. The molecule has 2 atom stereocenters. The van der Waals surface area contributed by atoms with E-state index in [4.69, 9.17) is 10.5 Å². The van der Waals surface area contributed by atoms with E-state index >= 15 is 0 Å². The number of hydrogen-bond donors (Lipinski definition) is 2. The number of hydrogen-bond acceptors (Lipinski definition) is 3. The van der Waals surface area contributed by atoms with E-state index in [-0.39, 0.29) is 11.9 Å². The molecular formula is C17H20N2O2. The lowest BCUT2D eigenvalue weighted by atomic mass is 10.0. The quantitative estimate of drug-likeness (QED) is 0.887. The monoisotopic (exact) mass is 284 g/mol. The fraction of sp³-hybridized carbons (Fsp3) is 0.235. The van der Waals surface area contributed by atoms with Crippen LogP contribution in [0.25, 0.3) is 0 Å². The topological polar surface area (TPSA) is 64.3 Å². The molecule has 4 heteroatoms. The summed E-state index contributed by atoms with van der Waals surface area (Å²) in [4.78, 5) is 12.2. The van der Waals surface area contributed by atoms with Crippen LogP contribution < -0.4 is 15.8 Å². The van der Waals surface area contributed by atoms with Crippen LogP contribution in [0.5, 0.6) is 5.75 Å². The van der Waals surface area contributed by atoms with Gasteiger partial charge in [0, 0.05) is 0 Å². The largest absolute Gasteiger partial charge is 0.497 e. The molecule has 4 nitrogen and oxygen atoms in total. The normalized spacial score (nSPS) is 13.3. The van der Waals surface area contributed by atoms with E-state index in [2.05, 4.69) is 5.32 Å². The maximum absolute atomic E-state index is 12.2. The first-order valence-electron chi connectivity index (χ1n) is 6.86. The molecular weight excluding hydrogens is 264 g/mol. The third kappa shape index (κ3) is 3.83. The highest BCUT2D eigenvalue weighted by Gasteiger charge is 2.18. The molecule has 0 saturated carbocycles. The van der Waals surface area contributed by atoms with E-state index in [1.807, 2.05) is 61.5 Å². The van der Waals surface area contributed by atoms with Gasteiger partial charge in [-0.25, -0.2) is 0 Å². The molecule has 0 radical (unpaired) electrons. The minimum absolute atomic E-state index is 0.113. The van der Waals surface area contributed by atoms with E-state index in [1.165, 1.54) is 0 Å². The fourth-order valence-corrected chi connectivity index (χ4v) is 2.09. The summed E-state index contributed by atoms with van der Waals surface area (Å²) in [5.41, 5.74) is 7.79. The Morgan fingerprint density at radius 3 is 2.24 bits per heavy atom. The van der Waals surface area contributed by atoms with Crippen molar-refractivity contribution in [1.82, 2.24) is 5.32 Å². The second kappa shape index (κ2) is 6.90. The van der Waals surface area contributed by atoms with E-state index in [0.717, 1.165) is 16.9 Å². The molecule has 0 heterocycles. The zero-order valence-corrected chi connectivity index (χ0v) is 12.2. The highest BCUT2D eigenvalue weighted by atomic mass is 16.5. The van der Waals surface area contributed by atoms with Crippen molar-refractivity contribution in [3.63, 3.8) is 0 Å². The Bertz CT molecular complexity index is 581. The van der Waals surface area contributed by atoms with Gasteiger partial charge in [-0.1, -0.05) is 42.5 Å². The van der Waals surface area contributed by atoms with Crippen LogP contribution in [0.1, 0.15) is 30.1 Å². The van der Waals surface area contributed by atoms with Crippen LogP contribution in [0.3, 0.4) is 0 Å². The summed E-state index contributed by atoms with van der Waals surface area (Å²) in [7, 11) is 1.62. The van der Waals surface area contributed by atoms with Gasteiger partial charge >= 0.3 is 0 Å². The smallest absolute Gasteiger partial charge is 0.241 e. The summed E-state index contributed by atoms with van der Waals surface area (Å²) in [5.74, 6) is 0.600. The molecule has 0 saturated heterocycles. The number of methoxy groups -OCH3 is 1. The van der Waals surface area contributed by atoms with Crippen molar-refractivity contribution in [3.05, 3.63) is 65.7 Å². The zero-order chi connectivity index (χ0) is 15.2. The second-order valence-corrected chi connectivity index (χ2v) is 4.89. The van der Waals surface area contributed by atoms with Crippen LogP contribution in [0.2, 0.25) is 0 Å². The van der Waals surface area contributed by atoms with Gasteiger partial charge in [-0.15, -0.1) is 0 Å². The number of nitrogens with one attached hydrogen (secondary N) is 1. The molecule has 0 spiro atoms. The Hall–Kier alpha value is -2.33. The minimum atomic E-state index is -0.660. The van der Waals surface area contributed by atoms with Gasteiger partial charge in [-0.3, -0.25) is 4.79 Å². The van der Waals surface area contributed by atoms with Crippen molar-refractivity contribution in [2.24, 2.45) is 5.73 Å². The first-order valence-corrected chi connectivity index (χ1v) is 6.86. The predicted octanol–water partition coefficient (Wildman–Crippen LogP) is 2.57. The molecule has 1 unspecified atom stereocenters. The summed E-state index contributed by atoms with van der Waals surface area (Å²) < 4.78 is 5.12. The maximum Gasteiger partial charge on any atom is 0.241 e. The van der Waals surface area contributed by atoms with E-state index in [1.54, 1.807) is 7.11 Å². The summed E-state index contributed by atoms with van der Waals surface area (Å²) in [5, 5.41) is 2.93. The van der Waals surface area contributed by atoms with Gasteiger partial charge in [0.15, 0.2) is 0 Å². The van der Waals surface area contributed by atoms with Gasteiger partial charge in [0.05, 0.1) is 13.2 Å².